The fraction of sp³-hybridized carbons (Fsp3) is 0.619. The molecular weight excluding hydrogens is 402 g/mol. The van der Waals surface area contributed by atoms with Gasteiger partial charge in [0.15, 0.2) is 5.96 Å². The molecule has 3 rings (SSSR count). The second kappa shape index (κ2) is 10.3. The van der Waals surface area contributed by atoms with Gasteiger partial charge in [-0.15, -0.1) is 0 Å². The van der Waals surface area contributed by atoms with E-state index in [2.05, 4.69) is 15.6 Å². The quantitative estimate of drug-likeness (QED) is 0.518. The van der Waals surface area contributed by atoms with Gasteiger partial charge in [-0.2, -0.15) is 4.31 Å². The lowest BCUT2D eigenvalue weighted by Crippen LogP contribution is -2.47. The third-order valence-electron chi connectivity index (χ3n) is 5.92. The van der Waals surface area contributed by atoms with Crippen molar-refractivity contribution in [1.82, 2.24) is 19.8 Å². The number of nitrogens with zero attached hydrogens (tertiary/aromatic N) is 3. The molecule has 0 saturated carbocycles. The van der Waals surface area contributed by atoms with Gasteiger partial charge < -0.3 is 15.5 Å². The number of nitrogens with one attached hydrogen (secondary N) is 2. The first-order valence-corrected chi connectivity index (χ1v) is 12.2. The Hall–Kier alpha value is -2.13. The third-order valence-corrected chi connectivity index (χ3v) is 7.83. The topological polar surface area (TPSA) is 94.1 Å². The highest BCUT2D eigenvalue weighted by Gasteiger charge is 2.30. The number of amides is 1. The van der Waals surface area contributed by atoms with E-state index >= 15 is 0 Å². The number of carbonyl (C=O) groups is 1. The van der Waals surface area contributed by atoms with Gasteiger partial charge in [-0.3, -0.25) is 9.79 Å². The Kier molecular flexibility index (Phi) is 7.71. The Labute approximate surface area is 179 Å². The van der Waals surface area contributed by atoms with Crippen molar-refractivity contribution in [2.45, 2.75) is 43.5 Å². The van der Waals surface area contributed by atoms with Crippen molar-refractivity contribution >= 4 is 21.9 Å². The number of hydrogen-bond donors (Lipinski definition) is 2. The van der Waals surface area contributed by atoms with Crippen molar-refractivity contribution in [1.29, 1.82) is 0 Å². The van der Waals surface area contributed by atoms with Gasteiger partial charge in [0.05, 0.1) is 4.90 Å². The first-order chi connectivity index (χ1) is 14.4. The molecule has 2 fully saturated rings. The van der Waals surface area contributed by atoms with Gasteiger partial charge in [0.25, 0.3) is 0 Å². The number of sulfonamides is 1. The molecule has 30 heavy (non-hydrogen) atoms. The van der Waals surface area contributed by atoms with Crippen LogP contribution in [0.4, 0.5) is 0 Å². The third kappa shape index (κ3) is 5.51. The Balaban J connectivity index is 1.43. The van der Waals surface area contributed by atoms with Crippen LogP contribution in [0, 0.1) is 5.92 Å². The zero-order valence-corrected chi connectivity index (χ0v) is 18.7. The standard InChI is InChI=1S/C21H33N5O3S/c1-3-20(27)25-12-11-18(16-25)24-21(22-2)23-15-17-9-13-26(14-10-17)30(28,29)19-7-5-4-6-8-19/h4-8,17-18H,3,9-16H2,1-2H3,(H2,22,23,24). The molecule has 8 nitrogen and oxygen atoms in total. The predicted octanol–water partition coefficient (Wildman–Crippen LogP) is 1.26. The van der Waals surface area contributed by atoms with Crippen molar-refractivity contribution in [3.63, 3.8) is 0 Å². The minimum absolute atomic E-state index is 0.194. The van der Waals surface area contributed by atoms with Gasteiger partial charge in [-0.1, -0.05) is 25.1 Å². The molecule has 2 heterocycles. The van der Waals surface area contributed by atoms with Gasteiger partial charge in [0.2, 0.25) is 15.9 Å². The van der Waals surface area contributed by atoms with E-state index in [4.69, 9.17) is 0 Å². The summed E-state index contributed by atoms with van der Waals surface area (Å²) in [5, 5.41) is 6.78. The summed E-state index contributed by atoms with van der Waals surface area (Å²) in [6, 6.07) is 8.84. The lowest BCUT2D eigenvalue weighted by Gasteiger charge is -2.31. The number of rotatable bonds is 6. The summed E-state index contributed by atoms with van der Waals surface area (Å²) in [5.41, 5.74) is 0. The molecule has 9 heteroatoms. The van der Waals surface area contributed by atoms with E-state index in [-0.39, 0.29) is 11.9 Å². The number of likely N-dealkylation sites (tertiary alicyclic amines) is 1. The van der Waals surface area contributed by atoms with Gasteiger partial charge in [0.1, 0.15) is 0 Å². The minimum atomic E-state index is -3.41. The summed E-state index contributed by atoms with van der Waals surface area (Å²) < 4.78 is 27.1. The molecule has 2 aliphatic heterocycles. The smallest absolute Gasteiger partial charge is 0.243 e. The highest BCUT2D eigenvalue weighted by atomic mass is 32.2. The molecule has 0 aromatic heterocycles. The summed E-state index contributed by atoms with van der Waals surface area (Å²) in [6.45, 7) is 5.21. The second-order valence-electron chi connectivity index (χ2n) is 7.94. The average Bonchev–Trinajstić information content (AvgIpc) is 3.25. The van der Waals surface area contributed by atoms with Gasteiger partial charge in [0, 0.05) is 52.2 Å². The Bertz CT molecular complexity index is 835. The lowest BCUT2D eigenvalue weighted by molar-refractivity contribution is -0.129. The zero-order valence-electron chi connectivity index (χ0n) is 17.9. The van der Waals surface area contributed by atoms with Gasteiger partial charge in [-0.05, 0) is 37.3 Å². The van der Waals surface area contributed by atoms with E-state index in [1.54, 1.807) is 35.6 Å². The number of carbonyl (C=O) groups excluding carboxylic acids is 1. The molecule has 0 bridgehead atoms. The first-order valence-electron chi connectivity index (χ1n) is 10.7. The molecule has 1 aromatic rings. The van der Waals surface area contributed by atoms with Crippen molar-refractivity contribution in [2.24, 2.45) is 10.9 Å². The summed E-state index contributed by atoms with van der Waals surface area (Å²) in [6.07, 6.45) is 3.09. The van der Waals surface area contributed by atoms with Crippen molar-refractivity contribution in [2.75, 3.05) is 39.8 Å². The highest BCUT2D eigenvalue weighted by molar-refractivity contribution is 7.89. The number of piperidine rings is 1. The molecule has 2 saturated heterocycles. The zero-order chi connectivity index (χ0) is 21.6. The van der Waals surface area contributed by atoms with Crippen LogP contribution >= 0.6 is 0 Å². The Morgan fingerprint density at radius 1 is 1.13 bits per heavy atom. The van der Waals surface area contributed by atoms with Crippen LogP contribution in [0.25, 0.3) is 0 Å². The van der Waals surface area contributed by atoms with Crippen LogP contribution in [0.3, 0.4) is 0 Å². The molecule has 2 N–H and O–H groups in total. The van der Waals surface area contributed by atoms with Crippen LogP contribution in [0.1, 0.15) is 32.6 Å². The summed E-state index contributed by atoms with van der Waals surface area (Å²) in [5.74, 6) is 1.33. The molecule has 1 aromatic carbocycles. The van der Waals surface area contributed by atoms with E-state index in [1.807, 2.05) is 17.9 Å². The largest absolute Gasteiger partial charge is 0.356 e. The summed E-state index contributed by atoms with van der Waals surface area (Å²) in [4.78, 5) is 18.4. The molecule has 1 unspecified atom stereocenters. The van der Waals surface area contributed by atoms with Crippen LogP contribution in [0.2, 0.25) is 0 Å². The van der Waals surface area contributed by atoms with Crippen LogP contribution in [0.5, 0.6) is 0 Å². The van der Waals surface area contributed by atoms with E-state index < -0.39 is 10.0 Å². The molecule has 0 aliphatic carbocycles. The molecule has 0 radical (unpaired) electrons. The average molecular weight is 436 g/mol. The van der Waals surface area contributed by atoms with E-state index in [9.17, 15) is 13.2 Å². The predicted molar refractivity (Wildman–Crippen MR) is 118 cm³/mol. The molecule has 1 amide bonds. The van der Waals surface area contributed by atoms with Crippen LogP contribution < -0.4 is 10.6 Å². The Morgan fingerprint density at radius 3 is 2.47 bits per heavy atom. The van der Waals surface area contributed by atoms with Crippen LogP contribution in [0.15, 0.2) is 40.2 Å². The van der Waals surface area contributed by atoms with Crippen molar-refractivity contribution in [3.8, 4) is 0 Å². The SMILES string of the molecule is CCC(=O)N1CCC(NC(=NC)NCC2CCN(S(=O)(=O)c3ccccc3)CC2)C1. The fourth-order valence-corrected chi connectivity index (χ4v) is 5.54. The van der Waals surface area contributed by atoms with Crippen LogP contribution in [-0.2, 0) is 14.8 Å². The summed E-state index contributed by atoms with van der Waals surface area (Å²) >= 11 is 0. The Morgan fingerprint density at radius 2 is 1.83 bits per heavy atom. The molecule has 0 spiro atoms. The highest BCUT2D eigenvalue weighted by Crippen LogP contribution is 2.23. The minimum Gasteiger partial charge on any atom is -0.356 e. The molecule has 1 atom stereocenters. The normalized spacial score (nSPS) is 21.6. The number of aliphatic imine (C=N–C) groups is 1. The monoisotopic (exact) mass is 435 g/mol. The van der Waals surface area contributed by atoms with Crippen LogP contribution in [-0.4, -0.2) is 75.3 Å². The van der Waals surface area contributed by atoms with E-state index in [1.165, 1.54) is 0 Å². The number of benzene rings is 1. The van der Waals surface area contributed by atoms with Crippen molar-refractivity contribution < 1.29 is 13.2 Å². The maximum Gasteiger partial charge on any atom is 0.243 e. The molecule has 2 aliphatic rings. The number of guanidine groups is 1. The fourth-order valence-electron chi connectivity index (χ4n) is 4.05. The van der Waals surface area contributed by atoms with Gasteiger partial charge in [-0.25, -0.2) is 8.42 Å². The maximum atomic E-state index is 12.7. The first kappa shape index (κ1) is 22.6. The van der Waals surface area contributed by atoms with E-state index in [0.29, 0.717) is 36.9 Å². The second-order valence-corrected chi connectivity index (χ2v) is 9.87. The number of hydrogen-bond acceptors (Lipinski definition) is 4. The lowest BCUT2D eigenvalue weighted by atomic mass is 9.98. The maximum absolute atomic E-state index is 12.7. The van der Waals surface area contributed by atoms with Gasteiger partial charge >= 0.3 is 0 Å². The van der Waals surface area contributed by atoms with E-state index in [0.717, 1.165) is 38.3 Å². The van der Waals surface area contributed by atoms with Crippen molar-refractivity contribution in [3.05, 3.63) is 30.3 Å². The summed E-state index contributed by atoms with van der Waals surface area (Å²) in [7, 11) is -1.66. The molecule has 166 valence electrons. The molecular formula is C21H33N5O3S.